The van der Waals surface area contributed by atoms with Crippen LogP contribution in [-0.4, -0.2) is 11.7 Å². The molecule has 0 bridgehead atoms. The van der Waals surface area contributed by atoms with E-state index in [0.29, 0.717) is 4.47 Å². The van der Waals surface area contributed by atoms with Crippen LogP contribution in [0, 0.1) is 11.7 Å². The molecule has 0 heterocycles. The summed E-state index contributed by atoms with van der Waals surface area (Å²) >= 11 is 3.16. The van der Waals surface area contributed by atoms with Crippen molar-refractivity contribution in [3.05, 3.63) is 34.1 Å². The second kappa shape index (κ2) is 5.02. The van der Waals surface area contributed by atoms with Crippen molar-refractivity contribution < 1.29 is 13.9 Å². The van der Waals surface area contributed by atoms with Gasteiger partial charge >= 0.3 is 6.09 Å². The van der Waals surface area contributed by atoms with E-state index >= 15 is 0 Å². The molecule has 1 fully saturated rings. The van der Waals surface area contributed by atoms with Crippen LogP contribution in [0.4, 0.5) is 9.18 Å². The maximum Gasteiger partial charge on any atom is 0.405 e. The molecule has 1 atom stereocenters. The van der Waals surface area contributed by atoms with Crippen molar-refractivity contribution in [3.8, 4) is 0 Å². The van der Waals surface area contributed by atoms with Gasteiger partial charge in [-0.05, 0) is 60.3 Å². The number of hydrogen-bond donors (Lipinski definition) is 1. The van der Waals surface area contributed by atoms with Gasteiger partial charge < -0.3 is 10.5 Å². The van der Waals surface area contributed by atoms with Gasteiger partial charge in [-0.2, -0.15) is 0 Å². The molecule has 1 aliphatic rings. The van der Waals surface area contributed by atoms with E-state index in [1.54, 1.807) is 12.1 Å². The highest BCUT2D eigenvalue weighted by molar-refractivity contribution is 9.10. The number of carbonyl (C=O) groups is 1. The quantitative estimate of drug-likeness (QED) is 0.893. The molecule has 0 spiro atoms. The minimum Gasteiger partial charge on any atom is -0.443 e. The van der Waals surface area contributed by atoms with Crippen LogP contribution in [0.15, 0.2) is 22.7 Å². The fourth-order valence-corrected chi connectivity index (χ4v) is 3.17. The largest absolute Gasteiger partial charge is 0.443 e. The molecule has 1 aliphatic carbocycles. The standard InChI is InChI=1S/C15H19BrFNO2/c1-9(14(2,3)20-13(18)19)15(6-7-15)10-4-5-11(16)12(17)8-10/h4-5,8-9H,6-7H2,1-3H3,(H2,18,19). The molecule has 0 aromatic heterocycles. The second-order valence-corrected chi connectivity index (χ2v) is 6.89. The average molecular weight is 344 g/mol. The Hall–Kier alpha value is -1.10. The number of ether oxygens (including phenoxy) is 1. The van der Waals surface area contributed by atoms with Crippen molar-refractivity contribution >= 4 is 22.0 Å². The smallest absolute Gasteiger partial charge is 0.405 e. The molecule has 1 aromatic carbocycles. The second-order valence-electron chi connectivity index (χ2n) is 6.03. The fourth-order valence-electron chi connectivity index (χ4n) is 2.93. The van der Waals surface area contributed by atoms with Crippen LogP contribution in [0.3, 0.4) is 0 Å². The molecule has 5 heteroatoms. The monoisotopic (exact) mass is 343 g/mol. The van der Waals surface area contributed by atoms with Crippen LogP contribution in [-0.2, 0) is 10.2 Å². The number of hydrogen-bond acceptors (Lipinski definition) is 2. The van der Waals surface area contributed by atoms with Crippen molar-refractivity contribution in [2.24, 2.45) is 11.7 Å². The Morgan fingerprint density at radius 1 is 1.50 bits per heavy atom. The molecule has 1 unspecified atom stereocenters. The number of carbonyl (C=O) groups excluding carboxylic acids is 1. The summed E-state index contributed by atoms with van der Waals surface area (Å²) < 4.78 is 19.4. The summed E-state index contributed by atoms with van der Waals surface area (Å²) in [5.41, 5.74) is 5.26. The topological polar surface area (TPSA) is 52.3 Å². The lowest BCUT2D eigenvalue weighted by molar-refractivity contribution is -0.00870. The van der Waals surface area contributed by atoms with Gasteiger partial charge in [-0.3, -0.25) is 0 Å². The van der Waals surface area contributed by atoms with Gasteiger partial charge in [-0.25, -0.2) is 9.18 Å². The first kappa shape index (κ1) is 15.3. The zero-order chi connectivity index (χ0) is 15.1. The number of halogens is 2. The Bertz CT molecular complexity index is 541. The molecule has 110 valence electrons. The summed E-state index contributed by atoms with van der Waals surface area (Å²) in [5.74, 6) is -0.224. The molecule has 3 nitrogen and oxygen atoms in total. The summed E-state index contributed by atoms with van der Waals surface area (Å²) in [7, 11) is 0. The van der Waals surface area contributed by atoms with Gasteiger partial charge in [0.05, 0.1) is 4.47 Å². The van der Waals surface area contributed by atoms with Crippen molar-refractivity contribution in [2.75, 3.05) is 0 Å². The Morgan fingerprint density at radius 3 is 2.55 bits per heavy atom. The first-order valence-electron chi connectivity index (χ1n) is 6.63. The Morgan fingerprint density at radius 2 is 2.10 bits per heavy atom. The van der Waals surface area contributed by atoms with Gasteiger partial charge in [-0.1, -0.05) is 13.0 Å². The lowest BCUT2D eigenvalue weighted by Gasteiger charge is -2.37. The molecule has 2 rings (SSSR count). The lowest BCUT2D eigenvalue weighted by atomic mass is 9.75. The number of primary amides is 1. The molecule has 1 saturated carbocycles. The van der Waals surface area contributed by atoms with Gasteiger partial charge in [0.1, 0.15) is 11.4 Å². The predicted molar refractivity (Wildman–Crippen MR) is 78.9 cm³/mol. The van der Waals surface area contributed by atoms with Gasteiger partial charge in [0, 0.05) is 11.3 Å². The van der Waals surface area contributed by atoms with Gasteiger partial charge in [0.25, 0.3) is 0 Å². The van der Waals surface area contributed by atoms with Gasteiger partial charge in [0.15, 0.2) is 0 Å². The molecular formula is C15H19BrFNO2. The van der Waals surface area contributed by atoms with Crippen LogP contribution >= 0.6 is 15.9 Å². The van der Waals surface area contributed by atoms with Gasteiger partial charge in [-0.15, -0.1) is 0 Å². The van der Waals surface area contributed by atoms with Crippen LogP contribution < -0.4 is 5.73 Å². The summed E-state index contributed by atoms with van der Waals surface area (Å²) in [4.78, 5) is 11.0. The molecule has 1 aromatic rings. The molecule has 0 radical (unpaired) electrons. The van der Waals surface area contributed by atoms with E-state index in [1.165, 1.54) is 0 Å². The highest BCUT2D eigenvalue weighted by atomic mass is 79.9. The zero-order valence-electron chi connectivity index (χ0n) is 11.9. The Balaban J connectivity index is 2.30. The van der Waals surface area contributed by atoms with E-state index in [0.717, 1.165) is 18.4 Å². The van der Waals surface area contributed by atoms with Crippen molar-refractivity contribution in [3.63, 3.8) is 0 Å². The molecule has 2 N–H and O–H groups in total. The summed E-state index contributed by atoms with van der Waals surface area (Å²) in [6.45, 7) is 5.71. The number of amides is 1. The molecule has 1 amide bonds. The summed E-state index contributed by atoms with van der Waals surface area (Å²) in [5, 5.41) is 0. The van der Waals surface area contributed by atoms with Gasteiger partial charge in [0.2, 0.25) is 0 Å². The third-order valence-electron chi connectivity index (χ3n) is 4.52. The first-order valence-corrected chi connectivity index (χ1v) is 7.42. The average Bonchev–Trinajstić information content (AvgIpc) is 3.11. The first-order chi connectivity index (χ1) is 9.19. The summed E-state index contributed by atoms with van der Waals surface area (Å²) in [6, 6.07) is 5.21. The number of nitrogens with two attached hydrogens (primary N) is 1. The maximum absolute atomic E-state index is 13.8. The SMILES string of the molecule is CC(C(C)(C)OC(N)=O)C1(c2ccc(Br)c(F)c2)CC1. The van der Waals surface area contributed by atoms with Crippen LogP contribution in [0.2, 0.25) is 0 Å². The van der Waals surface area contributed by atoms with E-state index in [2.05, 4.69) is 15.9 Å². The van der Waals surface area contributed by atoms with E-state index < -0.39 is 11.7 Å². The highest BCUT2D eigenvalue weighted by Crippen LogP contribution is 2.57. The summed E-state index contributed by atoms with van der Waals surface area (Å²) in [6.07, 6.45) is 1.14. The fraction of sp³-hybridized carbons (Fsp3) is 0.533. The third-order valence-corrected chi connectivity index (χ3v) is 5.16. The van der Waals surface area contributed by atoms with E-state index in [4.69, 9.17) is 10.5 Å². The molecule has 0 aliphatic heterocycles. The molecule has 20 heavy (non-hydrogen) atoms. The minimum atomic E-state index is -0.778. The normalized spacial score (nSPS) is 18.4. The zero-order valence-corrected chi connectivity index (χ0v) is 13.5. The maximum atomic E-state index is 13.8. The number of benzene rings is 1. The lowest BCUT2D eigenvalue weighted by Crippen LogP contribution is -2.42. The van der Waals surface area contributed by atoms with E-state index in [1.807, 2.05) is 26.8 Å². The van der Waals surface area contributed by atoms with Crippen LogP contribution in [0.5, 0.6) is 0 Å². The van der Waals surface area contributed by atoms with Crippen molar-refractivity contribution in [2.45, 2.75) is 44.6 Å². The third kappa shape index (κ3) is 2.68. The predicted octanol–water partition coefficient (Wildman–Crippen LogP) is 4.13. The highest BCUT2D eigenvalue weighted by Gasteiger charge is 2.54. The van der Waals surface area contributed by atoms with Crippen molar-refractivity contribution in [1.82, 2.24) is 0 Å². The molecule has 0 saturated heterocycles. The Kier molecular flexibility index (Phi) is 3.84. The molecular weight excluding hydrogens is 325 g/mol. The Labute approximate surface area is 126 Å². The van der Waals surface area contributed by atoms with E-state index in [-0.39, 0.29) is 17.2 Å². The van der Waals surface area contributed by atoms with Crippen molar-refractivity contribution in [1.29, 1.82) is 0 Å². The minimum absolute atomic E-state index is 0.0445. The van der Waals surface area contributed by atoms with Crippen LogP contribution in [0.1, 0.15) is 39.2 Å². The number of rotatable bonds is 4. The van der Waals surface area contributed by atoms with Crippen LogP contribution in [0.25, 0.3) is 0 Å². The van der Waals surface area contributed by atoms with E-state index in [9.17, 15) is 9.18 Å².